The number of piperazine rings is 1. The Morgan fingerprint density at radius 3 is 2.84 bits per heavy atom. The van der Waals surface area contributed by atoms with E-state index in [1.807, 2.05) is 6.92 Å². The van der Waals surface area contributed by atoms with E-state index in [0.717, 1.165) is 4.90 Å². The number of carboxylic acids is 1. The Balaban J connectivity index is 2.84. The van der Waals surface area contributed by atoms with Gasteiger partial charge in [-0.05, 0) is 6.42 Å². The fourth-order valence-electron chi connectivity index (χ4n) is 2.06. The summed E-state index contributed by atoms with van der Waals surface area (Å²) < 4.78 is 0. The summed E-state index contributed by atoms with van der Waals surface area (Å²) in [4.78, 5) is 37.3. The molecule has 1 aliphatic heterocycles. The Hall–Kier alpha value is -2.05. The van der Waals surface area contributed by atoms with E-state index < -0.39 is 24.6 Å². The summed E-state index contributed by atoms with van der Waals surface area (Å²) >= 11 is 0. The molecule has 0 aromatic heterocycles. The first-order valence-electron chi connectivity index (χ1n) is 6.17. The predicted octanol–water partition coefficient (Wildman–Crippen LogP) is -0.111. The van der Waals surface area contributed by atoms with Gasteiger partial charge in [-0.2, -0.15) is 0 Å². The van der Waals surface area contributed by atoms with Gasteiger partial charge in [0.25, 0.3) is 0 Å². The number of carbonyl (C=O) groups excluding carboxylic acids is 2. The Kier molecular flexibility index (Phi) is 5.35. The van der Waals surface area contributed by atoms with Crippen LogP contribution in [0, 0.1) is 0 Å². The monoisotopic (exact) mass is 269 g/mol. The van der Waals surface area contributed by atoms with Crippen molar-refractivity contribution in [2.75, 3.05) is 26.2 Å². The van der Waals surface area contributed by atoms with Crippen LogP contribution < -0.4 is 5.32 Å². The minimum Gasteiger partial charge on any atom is -0.480 e. The van der Waals surface area contributed by atoms with Crippen LogP contribution >= 0.6 is 0 Å². The Bertz CT molecular complexity index is 383. The minimum absolute atomic E-state index is 0.139. The van der Waals surface area contributed by atoms with Crippen LogP contribution in [0.25, 0.3) is 0 Å². The van der Waals surface area contributed by atoms with E-state index in [1.165, 1.54) is 11.0 Å². The highest BCUT2D eigenvalue weighted by atomic mass is 16.4. The van der Waals surface area contributed by atoms with Gasteiger partial charge in [0.05, 0.1) is 0 Å². The Labute approximate surface area is 111 Å². The molecule has 0 saturated carbocycles. The lowest BCUT2D eigenvalue weighted by Gasteiger charge is -2.37. The number of aliphatic carboxylic acids is 1. The van der Waals surface area contributed by atoms with Crippen molar-refractivity contribution < 1.29 is 19.5 Å². The van der Waals surface area contributed by atoms with Crippen LogP contribution in [0.15, 0.2) is 12.7 Å². The molecule has 1 saturated heterocycles. The van der Waals surface area contributed by atoms with Crippen molar-refractivity contribution in [3.8, 4) is 0 Å². The molecule has 0 aliphatic carbocycles. The number of nitrogens with one attached hydrogen (secondary N) is 1. The molecule has 1 rings (SSSR count). The molecule has 0 spiro atoms. The first-order chi connectivity index (χ1) is 9.01. The van der Waals surface area contributed by atoms with Gasteiger partial charge >= 0.3 is 12.0 Å². The summed E-state index contributed by atoms with van der Waals surface area (Å²) in [7, 11) is 0. The van der Waals surface area contributed by atoms with Crippen LogP contribution in [0.2, 0.25) is 0 Å². The third-order valence-electron chi connectivity index (χ3n) is 2.91. The summed E-state index contributed by atoms with van der Waals surface area (Å²) in [6.07, 6.45) is 1.96. The average molecular weight is 269 g/mol. The second-order valence-electron chi connectivity index (χ2n) is 4.25. The number of carboxylic acid groups (broad SMARTS) is 1. The first-order valence-corrected chi connectivity index (χ1v) is 6.17. The van der Waals surface area contributed by atoms with Crippen LogP contribution in [-0.4, -0.2) is 65.0 Å². The maximum Gasteiger partial charge on any atom is 0.323 e. The quantitative estimate of drug-likeness (QED) is 0.681. The summed E-state index contributed by atoms with van der Waals surface area (Å²) in [5.41, 5.74) is 0. The second kappa shape index (κ2) is 6.77. The zero-order valence-electron chi connectivity index (χ0n) is 11.0. The third-order valence-corrected chi connectivity index (χ3v) is 2.91. The minimum atomic E-state index is -1.09. The van der Waals surface area contributed by atoms with Gasteiger partial charge in [0, 0.05) is 19.6 Å². The molecule has 7 nitrogen and oxygen atoms in total. The van der Waals surface area contributed by atoms with Gasteiger partial charge in [-0.3, -0.25) is 9.59 Å². The predicted molar refractivity (Wildman–Crippen MR) is 68.6 cm³/mol. The lowest BCUT2D eigenvalue weighted by molar-refractivity contribution is -0.137. The normalized spacial score (nSPS) is 18.7. The Morgan fingerprint density at radius 2 is 2.32 bits per heavy atom. The van der Waals surface area contributed by atoms with Crippen LogP contribution in [-0.2, 0) is 9.59 Å². The van der Waals surface area contributed by atoms with Crippen molar-refractivity contribution in [3.05, 3.63) is 12.7 Å². The molecular formula is C12H19N3O4. The zero-order chi connectivity index (χ0) is 14.4. The summed E-state index contributed by atoms with van der Waals surface area (Å²) in [5.74, 6) is -1.29. The number of rotatable bonds is 5. The molecule has 0 radical (unpaired) electrons. The molecule has 7 heteroatoms. The van der Waals surface area contributed by atoms with E-state index in [9.17, 15) is 14.4 Å². The van der Waals surface area contributed by atoms with Gasteiger partial charge in [0.1, 0.15) is 12.6 Å². The number of hydrogen-bond acceptors (Lipinski definition) is 3. The van der Waals surface area contributed by atoms with Crippen molar-refractivity contribution in [1.29, 1.82) is 0 Å². The van der Waals surface area contributed by atoms with E-state index >= 15 is 0 Å². The maximum absolute atomic E-state index is 12.3. The number of carbonyl (C=O) groups is 3. The highest BCUT2D eigenvalue weighted by Gasteiger charge is 2.34. The van der Waals surface area contributed by atoms with E-state index in [0.29, 0.717) is 19.5 Å². The van der Waals surface area contributed by atoms with Crippen LogP contribution in [0.4, 0.5) is 4.79 Å². The van der Waals surface area contributed by atoms with Crippen LogP contribution in [0.3, 0.4) is 0 Å². The van der Waals surface area contributed by atoms with Crippen molar-refractivity contribution in [1.82, 2.24) is 15.1 Å². The number of urea groups is 1. The van der Waals surface area contributed by atoms with E-state index in [1.54, 1.807) is 0 Å². The molecule has 19 heavy (non-hydrogen) atoms. The third kappa shape index (κ3) is 3.70. The van der Waals surface area contributed by atoms with E-state index in [2.05, 4.69) is 11.9 Å². The molecule has 0 bridgehead atoms. The SMILES string of the molecule is C=CCN(CC(=O)O)C(=O)N1CCNC(=O)C1CC. The second-order valence-corrected chi connectivity index (χ2v) is 4.25. The van der Waals surface area contributed by atoms with Gasteiger partial charge in [0.15, 0.2) is 0 Å². The smallest absolute Gasteiger partial charge is 0.323 e. The average Bonchev–Trinajstić information content (AvgIpc) is 2.36. The molecule has 1 heterocycles. The van der Waals surface area contributed by atoms with Crippen LogP contribution in [0.5, 0.6) is 0 Å². The lowest BCUT2D eigenvalue weighted by Crippen LogP contribution is -2.60. The zero-order valence-corrected chi connectivity index (χ0v) is 11.0. The first kappa shape index (κ1) is 15.0. The van der Waals surface area contributed by atoms with Gasteiger partial charge in [-0.25, -0.2) is 4.79 Å². The largest absolute Gasteiger partial charge is 0.480 e. The molecule has 106 valence electrons. The van der Waals surface area contributed by atoms with E-state index in [4.69, 9.17) is 5.11 Å². The summed E-state index contributed by atoms with van der Waals surface area (Å²) in [5, 5.41) is 11.5. The van der Waals surface area contributed by atoms with Crippen molar-refractivity contribution in [3.63, 3.8) is 0 Å². The molecule has 1 aliphatic rings. The number of amides is 3. The van der Waals surface area contributed by atoms with Crippen LogP contribution in [0.1, 0.15) is 13.3 Å². The fraction of sp³-hybridized carbons (Fsp3) is 0.583. The lowest BCUT2D eigenvalue weighted by atomic mass is 10.1. The molecule has 0 aromatic rings. The molecule has 3 amide bonds. The highest BCUT2D eigenvalue weighted by Crippen LogP contribution is 2.11. The van der Waals surface area contributed by atoms with Gasteiger partial charge < -0.3 is 20.2 Å². The van der Waals surface area contributed by atoms with Gasteiger partial charge in [0.2, 0.25) is 5.91 Å². The van der Waals surface area contributed by atoms with E-state index in [-0.39, 0.29) is 12.5 Å². The fourth-order valence-corrected chi connectivity index (χ4v) is 2.06. The van der Waals surface area contributed by atoms with Crippen molar-refractivity contribution in [2.24, 2.45) is 0 Å². The van der Waals surface area contributed by atoms with Crippen molar-refractivity contribution in [2.45, 2.75) is 19.4 Å². The molecule has 1 atom stereocenters. The molecule has 2 N–H and O–H groups in total. The molecule has 1 unspecified atom stereocenters. The topological polar surface area (TPSA) is 90.0 Å². The molecule has 0 aromatic carbocycles. The summed E-state index contributed by atoms with van der Waals surface area (Å²) in [6, 6.07) is -0.980. The maximum atomic E-state index is 12.3. The van der Waals surface area contributed by atoms with Crippen molar-refractivity contribution >= 4 is 17.9 Å². The van der Waals surface area contributed by atoms with Gasteiger partial charge in [-0.1, -0.05) is 13.0 Å². The highest BCUT2D eigenvalue weighted by molar-refractivity contribution is 5.89. The molecule has 1 fully saturated rings. The van der Waals surface area contributed by atoms with Gasteiger partial charge in [-0.15, -0.1) is 6.58 Å². The summed E-state index contributed by atoms with van der Waals surface area (Å²) in [6.45, 7) is 5.82. The Morgan fingerprint density at radius 1 is 1.63 bits per heavy atom. The molecular weight excluding hydrogens is 250 g/mol. The number of hydrogen-bond donors (Lipinski definition) is 2. The standard InChI is InChI=1S/C12H19N3O4/c1-3-6-14(8-10(16)17)12(19)15-7-5-13-11(18)9(15)4-2/h3,9H,1,4-8H2,2H3,(H,13,18)(H,16,17). The number of nitrogens with zero attached hydrogens (tertiary/aromatic N) is 2.